The molecule has 0 aromatic rings. The predicted molar refractivity (Wildman–Crippen MR) is 66.6 cm³/mol. The molecule has 3 aliphatic carbocycles. The first-order valence-electron chi connectivity index (χ1n) is 7.03. The quantitative estimate of drug-likeness (QED) is 0.436. The highest BCUT2D eigenvalue weighted by Gasteiger charge is 2.43. The maximum absolute atomic E-state index is 5.82. The summed E-state index contributed by atoms with van der Waals surface area (Å²) in [6, 6.07) is 0.496. The second-order valence-corrected chi connectivity index (χ2v) is 6.01. The van der Waals surface area contributed by atoms with E-state index < -0.39 is 0 Å². The lowest BCUT2D eigenvalue weighted by Crippen LogP contribution is -2.44. The van der Waals surface area contributed by atoms with Gasteiger partial charge in [0.2, 0.25) is 0 Å². The lowest BCUT2D eigenvalue weighted by molar-refractivity contribution is 0.267. The van der Waals surface area contributed by atoms with Crippen LogP contribution in [0.25, 0.3) is 0 Å². The Bertz CT molecular complexity index is 284. The third-order valence-electron chi connectivity index (χ3n) is 5.13. The normalized spacial score (nSPS) is 39.8. The van der Waals surface area contributed by atoms with Crippen LogP contribution in [0.5, 0.6) is 0 Å². The molecule has 0 aliphatic heterocycles. The third-order valence-corrected chi connectivity index (χ3v) is 5.13. The van der Waals surface area contributed by atoms with Crippen molar-refractivity contribution in [1.82, 2.24) is 5.43 Å². The fraction of sp³-hybridized carbons (Fsp3) is 0.857. The third kappa shape index (κ3) is 1.82. The van der Waals surface area contributed by atoms with Crippen molar-refractivity contribution in [3.63, 3.8) is 0 Å². The molecule has 0 aromatic heterocycles. The van der Waals surface area contributed by atoms with Crippen LogP contribution in [0.3, 0.4) is 0 Å². The summed E-state index contributed by atoms with van der Waals surface area (Å²) in [6.45, 7) is 0. The summed E-state index contributed by atoms with van der Waals surface area (Å²) in [4.78, 5) is 0. The molecule has 4 atom stereocenters. The highest BCUT2D eigenvalue weighted by molar-refractivity contribution is 5.16. The summed E-state index contributed by atoms with van der Waals surface area (Å²) in [5, 5.41) is 0. The first kappa shape index (κ1) is 10.8. The lowest BCUT2D eigenvalue weighted by Gasteiger charge is -2.33. The Hall–Kier alpha value is -0.340. The van der Waals surface area contributed by atoms with Gasteiger partial charge in [-0.3, -0.25) is 11.3 Å². The van der Waals surface area contributed by atoms with Gasteiger partial charge in [-0.1, -0.05) is 18.1 Å². The summed E-state index contributed by atoms with van der Waals surface area (Å²) in [5.41, 5.74) is 4.75. The highest BCUT2D eigenvalue weighted by Crippen LogP contribution is 2.50. The van der Waals surface area contributed by atoms with Crippen LogP contribution in [-0.2, 0) is 0 Å². The van der Waals surface area contributed by atoms with Gasteiger partial charge in [-0.05, 0) is 62.7 Å². The minimum absolute atomic E-state index is 0.496. The van der Waals surface area contributed by atoms with Crippen LogP contribution in [0.4, 0.5) is 0 Å². The fourth-order valence-electron chi connectivity index (χ4n) is 4.35. The van der Waals surface area contributed by atoms with Crippen LogP contribution >= 0.6 is 0 Å². The zero-order valence-electron chi connectivity index (χ0n) is 10.1. The molecule has 0 spiro atoms. The van der Waals surface area contributed by atoms with Crippen LogP contribution < -0.4 is 11.3 Å². The molecule has 3 N–H and O–H groups in total. The van der Waals surface area contributed by atoms with Crippen molar-refractivity contribution in [2.24, 2.45) is 23.6 Å². The standard InChI is InChI=1S/C14H24N2/c15-16-14(11-4-2-1-3-5-11)13-9-10-6-7-12(13)8-10/h4,10,12-14,16H,1-3,5-9,15H2. The van der Waals surface area contributed by atoms with Crippen molar-refractivity contribution in [2.75, 3.05) is 0 Å². The van der Waals surface area contributed by atoms with Gasteiger partial charge in [0.1, 0.15) is 0 Å². The Morgan fingerprint density at radius 2 is 2.19 bits per heavy atom. The van der Waals surface area contributed by atoms with Gasteiger partial charge in [-0.25, -0.2) is 0 Å². The number of hydrogen-bond acceptors (Lipinski definition) is 2. The van der Waals surface area contributed by atoms with Gasteiger partial charge in [-0.15, -0.1) is 0 Å². The number of hydrogen-bond donors (Lipinski definition) is 2. The molecule has 3 rings (SSSR count). The van der Waals surface area contributed by atoms with Gasteiger partial charge in [0.05, 0.1) is 0 Å². The van der Waals surface area contributed by atoms with E-state index in [-0.39, 0.29) is 0 Å². The minimum atomic E-state index is 0.496. The Morgan fingerprint density at radius 1 is 1.25 bits per heavy atom. The van der Waals surface area contributed by atoms with Gasteiger partial charge in [-0.2, -0.15) is 0 Å². The van der Waals surface area contributed by atoms with Crippen LogP contribution in [-0.4, -0.2) is 6.04 Å². The fourth-order valence-corrected chi connectivity index (χ4v) is 4.35. The van der Waals surface area contributed by atoms with E-state index in [4.69, 9.17) is 5.84 Å². The molecule has 2 heteroatoms. The summed E-state index contributed by atoms with van der Waals surface area (Å²) < 4.78 is 0. The molecule has 3 aliphatic rings. The molecule has 2 fully saturated rings. The Kier molecular flexibility index (Phi) is 3.03. The molecule has 0 radical (unpaired) electrons. The molecule has 0 aromatic carbocycles. The van der Waals surface area contributed by atoms with Gasteiger partial charge in [0, 0.05) is 6.04 Å². The maximum Gasteiger partial charge on any atom is 0.0450 e. The van der Waals surface area contributed by atoms with Crippen molar-refractivity contribution in [1.29, 1.82) is 0 Å². The lowest BCUT2D eigenvalue weighted by atomic mass is 9.78. The number of hydrazine groups is 1. The van der Waals surface area contributed by atoms with Gasteiger partial charge < -0.3 is 0 Å². The van der Waals surface area contributed by atoms with Crippen LogP contribution in [0.15, 0.2) is 11.6 Å². The molecular weight excluding hydrogens is 196 g/mol. The predicted octanol–water partition coefficient (Wildman–Crippen LogP) is 2.75. The SMILES string of the molecule is NNC(C1=CCCCC1)C1CC2CCC1C2. The van der Waals surface area contributed by atoms with Crippen molar-refractivity contribution in [3.05, 3.63) is 11.6 Å². The monoisotopic (exact) mass is 220 g/mol. The Morgan fingerprint density at radius 3 is 2.75 bits per heavy atom. The summed E-state index contributed by atoms with van der Waals surface area (Å²) in [5.74, 6) is 8.65. The summed E-state index contributed by atoms with van der Waals surface area (Å²) >= 11 is 0. The number of nitrogens with two attached hydrogens (primary N) is 1. The van der Waals surface area contributed by atoms with Gasteiger partial charge in [0.15, 0.2) is 0 Å². The summed E-state index contributed by atoms with van der Waals surface area (Å²) in [7, 11) is 0. The Balaban J connectivity index is 1.73. The van der Waals surface area contributed by atoms with Crippen LogP contribution in [0.2, 0.25) is 0 Å². The topological polar surface area (TPSA) is 38.0 Å². The molecule has 0 heterocycles. The first-order valence-corrected chi connectivity index (χ1v) is 7.03. The zero-order chi connectivity index (χ0) is 11.0. The number of fused-ring (bicyclic) bond motifs is 2. The first-order chi connectivity index (χ1) is 7.88. The minimum Gasteiger partial charge on any atom is -0.271 e. The molecule has 2 bridgehead atoms. The molecule has 4 unspecified atom stereocenters. The van der Waals surface area contributed by atoms with E-state index in [1.54, 1.807) is 5.57 Å². The molecule has 2 saturated carbocycles. The second kappa shape index (κ2) is 4.50. The molecule has 90 valence electrons. The van der Waals surface area contributed by atoms with Crippen molar-refractivity contribution in [2.45, 2.75) is 57.4 Å². The van der Waals surface area contributed by atoms with Gasteiger partial charge >= 0.3 is 0 Å². The van der Waals surface area contributed by atoms with E-state index in [0.29, 0.717) is 6.04 Å². The molecule has 16 heavy (non-hydrogen) atoms. The van der Waals surface area contributed by atoms with Crippen molar-refractivity contribution >= 4 is 0 Å². The molecule has 0 saturated heterocycles. The van der Waals surface area contributed by atoms with E-state index in [1.165, 1.54) is 51.4 Å². The second-order valence-electron chi connectivity index (χ2n) is 6.01. The average molecular weight is 220 g/mol. The number of allylic oxidation sites excluding steroid dienone is 1. The van der Waals surface area contributed by atoms with E-state index in [0.717, 1.165) is 17.8 Å². The highest BCUT2D eigenvalue weighted by atomic mass is 15.2. The van der Waals surface area contributed by atoms with E-state index >= 15 is 0 Å². The average Bonchev–Trinajstić information content (AvgIpc) is 2.94. The van der Waals surface area contributed by atoms with E-state index in [2.05, 4.69) is 11.5 Å². The number of rotatable bonds is 3. The molecule has 0 amide bonds. The molecule has 2 nitrogen and oxygen atoms in total. The zero-order valence-corrected chi connectivity index (χ0v) is 10.1. The smallest absolute Gasteiger partial charge is 0.0450 e. The van der Waals surface area contributed by atoms with Crippen LogP contribution in [0.1, 0.15) is 51.4 Å². The van der Waals surface area contributed by atoms with E-state index in [9.17, 15) is 0 Å². The van der Waals surface area contributed by atoms with E-state index in [1.807, 2.05) is 0 Å². The van der Waals surface area contributed by atoms with Crippen LogP contribution in [0, 0.1) is 17.8 Å². The van der Waals surface area contributed by atoms with Crippen molar-refractivity contribution in [3.8, 4) is 0 Å². The largest absolute Gasteiger partial charge is 0.271 e. The summed E-state index contributed by atoms with van der Waals surface area (Å²) in [6.07, 6.45) is 13.6. The molecular formula is C14H24N2. The maximum atomic E-state index is 5.82. The van der Waals surface area contributed by atoms with Gasteiger partial charge in [0.25, 0.3) is 0 Å². The number of nitrogens with one attached hydrogen (secondary N) is 1. The van der Waals surface area contributed by atoms with Crippen molar-refractivity contribution < 1.29 is 0 Å². The Labute approximate surface area is 98.6 Å².